The van der Waals surface area contributed by atoms with E-state index in [2.05, 4.69) is 65.0 Å². The van der Waals surface area contributed by atoms with Gasteiger partial charge in [-0.25, -0.2) is 9.97 Å². The van der Waals surface area contributed by atoms with E-state index in [4.69, 9.17) is 0 Å². The number of aromatic nitrogens is 3. The van der Waals surface area contributed by atoms with Crippen LogP contribution in [0.5, 0.6) is 0 Å². The number of allylic oxidation sites excluding steroid dienone is 1. The van der Waals surface area contributed by atoms with E-state index >= 15 is 0 Å². The second kappa shape index (κ2) is 6.88. The molecule has 0 spiro atoms. The maximum atomic E-state index is 4.44. The summed E-state index contributed by atoms with van der Waals surface area (Å²) >= 11 is 1.69. The monoisotopic (exact) mass is 313 g/mol. The predicted octanol–water partition coefficient (Wildman–Crippen LogP) is 5.06. The zero-order valence-electron chi connectivity index (χ0n) is 14.1. The molecule has 0 amide bonds. The highest BCUT2D eigenvalue weighted by Crippen LogP contribution is 2.15. The second-order valence-corrected chi connectivity index (χ2v) is 6.79. The third-order valence-electron chi connectivity index (χ3n) is 3.33. The molecule has 3 rings (SSSR count). The normalized spacial score (nSPS) is 10.3. The molecule has 2 heterocycles. The van der Waals surface area contributed by atoms with Crippen molar-refractivity contribution in [2.24, 2.45) is 7.05 Å². The first kappa shape index (κ1) is 16.4. The Bertz CT molecular complexity index is 805. The Labute approximate surface area is 136 Å². The van der Waals surface area contributed by atoms with Gasteiger partial charge in [0.15, 0.2) is 0 Å². The Balaban J connectivity index is 0.000000164. The number of benzene rings is 1. The first-order chi connectivity index (χ1) is 10.4. The molecule has 4 heteroatoms. The highest BCUT2D eigenvalue weighted by atomic mass is 32.1. The van der Waals surface area contributed by atoms with Crippen LogP contribution in [0.15, 0.2) is 29.2 Å². The number of hydrogen-bond donors (Lipinski definition) is 0. The third-order valence-corrected chi connectivity index (χ3v) is 4.13. The Morgan fingerprint density at radius 3 is 2.45 bits per heavy atom. The van der Waals surface area contributed by atoms with E-state index in [-0.39, 0.29) is 0 Å². The number of thiazole rings is 1. The predicted molar refractivity (Wildman–Crippen MR) is 96.4 cm³/mol. The number of rotatable bonds is 1. The Kier molecular flexibility index (Phi) is 5.14. The van der Waals surface area contributed by atoms with E-state index in [1.807, 2.05) is 20.9 Å². The number of aryl methyl sites for hydroxylation is 4. The average molecular weight is 313 g/mol. The van der Waals surface area contributed by atoms with Gasteiger partial charge in [-0.2, -0.15) is 0 Å². The van der Waals surface area contributed by atoms with Crippen molar-refractivity contribution in [2.45, 2.75) is 34.6 Å². The molecule has 0 N–H and O–H groups in total. The molecule has 0 radical (unpaired) electrons. The number of imidazole rings is 1. The highest BCUT2D eigenvalue weighted by Gasteiger charge is 2.02. The lowest BCUT2D eigenvalue weighted by atomic mass is 10.2. The quantitative estimate of drug-likeness (QED) is 0.628. The summed E-state index contributed by atoms with van der Waals surface area (Å²) in [5.41, 5.74) is 5.95. The molecule has 22 heavy (non-hydrogen) atoms. The van der Waals surface area contributed by atoms with E-state index in [1.165, 1.54) is 16.7 Å². The van der Waals surface area contributed by atoms with Gasteiger partial charge < -0.3 is 4.57 Å². The summed E-state index contributed by atoms with van der Waals surface area (Å²) in [5.74, 6) is 1.07. The van der Waals surface area contributed by atoms with Gasteiger partial charge in [-0.3, -0.25) is 0 Å². The standard InChI is InChI=1S/C10H12N2.C8H11NS/c1-7-4-5-10-9(6-7)11-8(2)12(10)3;1-6(2)4-8-5-10-7(3)9-8/h4-6H,1-3H3;4-5H,1-3H3. The average Bonchev–Trinajstić information content (AvgIpc) is 2.94. The molecule has 0 aliphatic rings. The molecule has 2 aromatic heterocycles. The minimum Gasteiger partial charge on any atom is -0.331 e. The summed E-state index contributed by atoms with van der Waals surface area (Å²) in [6.45, 7) is 10.3. The van der Waals surface area contributed by atoms with Gasteiger partial charge in [-0.1, -0.05) is 11.6 Å². The fraction of sp³-hybridized carbons (Fsp3) is 0.333. The lowest BCUT2D eigenvalue weighted by Crippen LogP contribution is -1.89. The van der Waals surface area contributed by atoms with E-state index in [1.54, 1.807) is 11.3 Å². The maximum Gasteiger partial charge on any atom is 0.106 e. The van der Waals surface area contributed by atoms with E-state index in [9.17, 15) is 0 Å². The molecule has 0 fully saturated rings. The van der Waals surface area contributed by atoms with Crippen molar-refractivity contribution >= 4 is 28.4 Å². The molecular formula is C18H23N3S. The van der Waals surface area contributed by atoms with Crippen molar-refractivity contribution in [3.05, 3.63) is 51.2 Å². The molecule has 0 aliphatic heterocycles. The lowest BCUT2D eigenvalue weighted by Gasteiger charge is -1.95. The Hall–Kier alpha value is -1.94. The molecule has 0 aliphatic carbocycles. The van der Waals surface area contributed by atoms with E-state index in [0.29, 0.717) is 0 Å². The summed E-state index contributed by atoms with van der Waals surface area (Å²) < 4.78 is 2.11. The number of hydrogen-bond acceptors (Lipinski definition) is 3. The van der Waals surface area contributed by atoms with Crippen LogP contribution in [0.2, 0.25) is 0 Å². The van der Waals surface area contributed by atoms with Crippen molar-refractivity contribution in [2.75, 3.05) is 0 Å². The van der Waals surface area contributed by atoms with Crippen molar-refractivity contribution in [3.63, 3.8) is 0 Å². The van der Waals surface area contributed by atoms with Gasteiger partial charge >= 0.3 is 0 Å². The van der Waals surface area contributed by atoms with E-state index < -0.39 is 0 Å². The number of fused-ring (bicyclic) bond motifs is 1. The van der Waals surface area contributed by atoms with Crippen LogP contribution in [0.25, 0.3) is 17.1 Å². The zero-order valence-corrected chi connectivity index (χ0v) is 15.0. The van der Waals surface area contributed by atoms with Crippen molar-refractivity contribution < 1.29 is 0 Å². The van der Waals surface area contributed by atoms with Crippen LogP contribution in [-0.2, 0) is 7.05 Å². The first-order valence-electron chi connectivity index (χ1n) is 7.33. The minimum atomic E-state index is 1.07. The van der Waals surface area contributed by atoms with Crippen LogP contribution in [0.4, 0.5) is 0 Å². The minimum absolute atomic E-state index is 1.07. The molecule has 0 atom stereocenters. The number of nitrogens with zero attached hydrogens (tertiary/aromatic N) is 3. The molecule has 3 aromatic rings. The van der Waals surface area contributed by atoms with Gasteiger partial charge in [-0.15, -0.1) is 11.3 Å². The zero-order chi connectivity index (χ0) is 16.3. The topological polar surface area (TPSA) is 30.7 Å². The smallest absolute Gasteiger partial charge is 0.106 e. The van der Waals surface area contributed by atoms with Gasteiger partial charge in [0, 0.05) is 12.4 Å². The molecular weight excluding hydrogens is 290 g/mol. The lowest BCUT2D eigenvalue weighted by molar-refractivity contribution is 0.886. The van der Waals surface area contributed by atoms with Crippen molar-refractivity contribution in [3.8, 4) is 0 Å². The van der Waals surface area contributed by atoms with E-state index in [0.717, 1.165) is 22.0 Å². The fourth-order valence-electron chi connectivity index (χ4n) is 2.17. The van der Waals surface area contributed by atoms with Gasteiger partial charge in [0.2, 0.25) is 0 Å². The van der Waals surface area contributed by atoms with Crippen LogP contribution >= 0.6 is 11.3 Å². The Morgan fingerprint density at radius 2 is 1.86 bits per heavy atom. The summed E-state index contributed by atoms with van der Waals surface area (Å²) in [4.78, 5) is 8.73. The molecule has 0 bridgehead atoms. The largest absolute Gasteiger partial charge is 0.331 e. The SMILES string of the molecule is CC(C)=Cc1csc(C)n1.Cc1ccc2c(c1)nc(C)n2C. The van der Waals surface area contributed by atoms with Crippen molar-refractivity contribution in [1.29, 1.82) is 0 Å². The highest BCUT2D eigenvalue weighted by molar-refractivity contribution is 7.09. The molecule has 116 valence electrons. The van der Waals surface area contributed by atoms with Gasteiger partial charge in [0.05, 0.1) is 21.7 Å². The summed E-state index contributed by atoms with van der Waals surface area (Å²) in [7, 11) is 2.04. The molecule has 0 unspecified atom stereocenters. The van der Waals surface area contributed by atoms with Gasteiger partial charge in [0.1, 0.15) is 5.82 Å². The van der Waals surface area contributed by atoms with Gasteiger partial charge in [0.25, 0.3) is 0 Å². The van der Waals surface area contributed by atoms with Crippen LogP contribution in [0, 0.1) is 20.8 Å². The third kappa shape index (κ3) is 4.04. The molecule has 0 saturated heterocycles. The van der Waals surface area contributed by atoms with Crippen molar-refractivity contribution in [1.82, 2.24) is 14.5 Å². The Morgan fingerprint density at radius 1 is 1.14 bits per heavy atom. The molecule has 0 saturated carbocycles. The molecule has 3 nitrogen and oxygen atoms in total. The second-order valence-electron chi connectivity index (χ2n) is 5.72. The fourth-order valence-corrected chi connectivity index (χ4v) is 2.74. The summed E-state index contributed by atoms with van der Waals surface area (Å²) in [6, 6.07) is 6.34. The molecule has 1 aromatic carbocycles. The summed E-state index contributed by atoms with van der Waals surface area (Å²) in [5, 5.41) is 3.20. The van der Waals surface area contributed by atoms with Crippen LogP contribution < -0.4 is 0 Å². The first-order valence-corrected chi connectivity index (χ1v) is 8.21. The van der Waals surface area contributed by atoms with Gasteiger partial charge in [-0.05, 0) is 58.4 Å². The van der Waals surface area contributed by atoms with Crippen LogP contribution in [0.3, 0.4) is 0 Å². The summed E-state index contributed by atoms with van der Waals surface area (Å²) in [6.07, 6.45) is 2.09. The maximum absolute atomic E-state index is 4.44. The van der Waals surface area contributed by atoms with Crippen LogP contribution in [-0.4, -0.2) is 14.5 Å². The van der Waals surface area contributed by atoms with Crippen LogP contribution in [0.1, 0.15) is 35.9 Å².